The number of ether oxygens (including phenoxy) is 2. The van der Waals surface area contributed by atoms with Gasteiger partial charge in [-0.1, -0.05) is 30.3 Å². The molecule has 3 aromatic carbocycles. The average molecular weight is 488 g/mol. The molecule has 36 heavy (non-hydrogen) atoms. The van der Waals surface area contributed by atoms with E-state index in [4.69, 9.17) is 9.47 Å². The molecule has 1 heterocycles. The molecule has 4 rings (SSSR count). The monoisotopic (exact) mass is 487 g/mol. The summed E-state index contributed by atoms with van der Waals surface area (Å²) in [5.74, 6) is -1.30. The summed E-state index contributed by atoms with van der Waals surface area (Å²) in [4.78, 5) is 53.3. The Hall–Kier alpha value is -4.66. The SMILES string of the molecule is COc1ccc(OCC(=O)NN(C(=O)c2ccccc2)C2CC(=O)N(c3cccc(C)c3)C2=O)cc1. The van der Waals surface area contributed by atoms with Crippen LogP contribution in [0.1, 0.15) is 22.3 Å². The zero-order valence-corrected chi connectivity index (χ0v) is 19.8. The topological polar surface area (TPSA) is 105 Å². The minimum Gasteiger partial charge on any atom is -0.497 e. The van der Waals surface area contributed by atoms with Gasteiger partial charge in [0.05, 0.1) is 19.2 Å². The number of carbonyl (C=O) groups excluding carboxylic acids is 4. The summed E-state index contributed by atoms with van der Waals surface area (Å²) < 4.78 is 10.6. The number of aryl methyl sites for hydroxylation is 1. The Labute approximate surface area is 208 Å². The molecule has 1 aliphatic heterocycles. The van der Waals surface area contributed by atoms with Crippen molar-refractivity contribution in [1.82, 2.24) is 10.4 Å². The number of hydrazine groups is 1. The number of benzene rings is 3. The van der Waals surface area contributed by atoms with Crippen LogP contribution >= 0.6 is 0 Å². The molecule has 1 fully saturated rings. The molecule has 0 aromatic heterocycles. The third-order valence-corrected chi connectivity index (χ3v) is 5.61. The van der Waals surface area contributed by atoms with Crippen LogP contribution in [-0.4, -0.2) is 48.4 Å². The molecule has 1 atom stereocenters. The third-order valence-electron chi connectivity index (χ3n) is 5.61. The van der Waals surface area contributed by atoms with Gasteiger partial charge in [-0.3, -0.25) is 24.6 Å². The maximum atomic E-state index is 13.3. The summed E-state index contributed by atoms with van der Waals surface area (Å²) in [6, 6.07) is 20.6. The molecule has 0 radical (unpaired) electrons. The predicted molar refractivity (Wildman–Crippen MR) is 131 cm³/mol. The molecule has 1 aliphatic rings. The van der Waals surface area contributed by atoms with Crippen LogP contribution in [0.15, 0.2) is 78.9 Å². The van der Waals surface area contributed by atoms with Crippen LogP contribution in [0.25, 0.3) is 0 Å². The lowest BCUT2D eigenvalue weighted by Gasteiger charge is -2.28. The predicted octanol–water partition coefficient (Wildman–Crippen LogP) is 2.89. The standard InChI is InChI=1S/C27H25N3O6/c1-18-7-6-10-20(15-18)29-25(32)16-23(27(29)34)30(26(33)19-8-4-3-5-9-19)28-24(31)17-36-22-13-11-21(35-2)12-14-22/h3-15,23H,16-17H2,1-2H3,(H,28,31). The molecule has 9 nitrogen and oxygen atoms in total. The van der Waals surface area contributed by atoms with E-state index in [1.165, 1.54) is 7.11 Å². The van der Waals surface area contributed by atoms with Crippen LogP contribution in [-0.2, 0) is 14.4 Å². The largest absolute Gasteiger partial charge is 0.497 e. The van der Waals surface area contributed by atoms with Crippen molar-refractivity contribution < 1.29 is 28.7 Å². The van der Waals surface area contributed by atoms with Crippen LogP contribution in [0.4, 0.5) is 5.69 Å². The van der Waals surface area contributed by atoms with Crippen molar-refractivity contribution >= 4 is 29.3 Å². The van der Waals surface area contributed by atoms with Gasteiger partial charge in [-0.2, -0.15) is 0 Å². The lowest BCUT2D eigenvalue weighted by atomic mass is 10.1. The first-order valence-electron chi connectivity index (χ1n) is 11.3. The second-order valence-corrected chi connectivity index (χ2v) is 8.17. The van der Waals surface area contributed by atoms with E-state index >= 15 is 0 Å². The molecule has 184 valence electrons. The quantitative estimate of drug-likeness (QED) is 0.406. The van der Waals surface area contributed by atoms with Gasteiger partial charge in [0.2, 0.25) is 5.91 Å². The van der Waals surface area contributed by atoms with Gasteiger partial charge < -0.3 is 9.47 Å². The van der Waals surface area contributed by atoms with Crippen molar-refractivity contribution in [3.05, 3.63) is 90.0 Å². The van der Waals surface area contributed by atoms with E-state index in [2.05, 4.69) is 5.43 Å². The summed E-state index contributed by atoms with van der Waals surface area (Å²) in [6.07, 6.45) is -0.273. The number of nitrogens with zero attached hydrogens (tertiary/aromatic N) is 2. The Balaban J connectivity index is 1.54. The number of hydrogen-bond donors (Lipinski definition) is 1. The van der Waals surface area contributed by atoms with Gasteiger partial charge in [-0.25, -0.2) is 9.91 Å². The maximum absolute atomic E-state index is 13.3. The van der Waals surface area contributed by atoms with Crippen LogP contribution in [0.3, 0.4) is 0 Å². The minimum atomic E-state index is -1.21. The molecule has 9 heteroatoms. The number of rotatable bonds is 7. The van der Waals surface area contributed by atoms with E-state index in [0.717, 1.165) is 15.5 Å². The van der Waals surface area contributed by atoms with Crippen LogP contribution in [0, 0.1) is 6.92 Å². The molecule has 0 saturated carbocycles. The third kappa shape index (κ3) is 5.35. The molecule has 0 bridgehead atoms. The van der Waals surface area contributed by atoms with Crippen LogP contribution in [0.5, 0.6) is 11.5 Å². The molecule has 0 spiro atoms. The van der Waals surface area contributed by atoms with Crippen LogP contribution < -0.4 is 19.8 Å². The van der Waals surface area contributed by atoms with Crippen LogP contribution in [0.2, 0.25) is 0 Å². The number of anilines is 1. The van der Waals surface area contributed by atoms with Crippen molar-refractivity contribution in [3.8, 4) is 11.5 Å². The first-order valence-corrected chi connectivity index (χ1v) is 11.3. The van der Waals surface area contributed by atoms with Crippen molar-refractivity contribution in [2.75, 3.05) is 18.6 Å². The van der Waals surface area contributed by atoms with Gasteiger partial charge in [-0.05, 0) is 61.0 Å². The highest BCUT2D eigenvalue weighted by Crippen LogP contribution is 2.26. The highest BCUT2D eigenvalue weighted by Gasteiger charge is 2.45. The van der Waals surface area contributed by atoms with Gasteiger partial charge in [0.15, 0.2) is 6.61 Å². The van der Waals surface area contributed by atoms with Gasteiger partial charge in [-0.15, -0.1) is 0 Å². The van der Waals surface area contributed by atoms with Crippen molar-refractivity contribution in [3.63, 3.8) is 0 Å². The Morgan fingerprint density at radius 3 is 2.33 bits per heavy atom. The maximum Gasteiger partial charge on any atom is 0.276 e. The van der Waals surface area contributed by atoms with E-state index in [9.17, 15) is 19.2 Å². The normalized spacial score (nSPS) is 14.9. The second-order valence-electron chi connectivity index (χ2n) is 8.17. The molecule has 4 amide bonds. The van der Waals surface area contributed by atoms with E-state index in [0.29, 0.717) is 17.2 Å². The zero-order valence-electron chi connectivity index (χ0n) is 19.8. The van der Waals surface area contributed by atoms with Crippen molar-refractivity contribution in [2.24, 2.45) is 0 Å². The lowest BCUT2D eigenvalue weighted by molar-refractivity contribution is -0.130. The van der Waals surface area contributed by atoms with E-state index in [-0.39, 0.29) is 12.0 Å². The fraction of sp³-hybridized carbons (Fsp3) is 0.185. The van der Waals surface area contributed by atoms with E-state index in [1.807, 2.05) is 13.0 Å². The highest BCUT2D eigenvalue weighted by molar-refractivity contribution is 6.23. The van der Waals surface area contributed by atoms with Gasteiger partial charge in [0.1, 0.15) is 17.5 Å². The Morgan fingerprint density at radius 2 is 1.67 bits per heavy atom. The molecule has 0 aliphatic carbocycles. The molecule has 1 unspecified atom stereocenters. The molecule has 1 N–H and O–H groups in total. The first kappa shape index (κ1) is 24.5. The van der Waals surface area contributed by atoms with Gasteiger partial charge in [0, 0.05) is 5.56 Å². The fourth-order valence-electron chi connectivity index (χ4n) is 3.83. The van der Waals surface area contributed by atoms with Gasteiger partial charge >= 0.3 is 0 Å². The summed E-state index contributed by atoms with van der Waals surface area (Å²) in [7, 11) is 1.54. The number of amides is 4. The number of imide groups is 1. The number of nitrogens with one attached hydrogen (secondary N) is 1. The zero-order chi connectivity index (χ0) is 25.7. The highest BCUT2D eigenvalue weighted by atomic mass is 16.5. The second kappa shape index (κ2) is 10.7. The molecule has 1 saturated heterocycles. The number of carbonyl (C=O) groups is 4. The first-order chi connectivity index (χ1) is 17.4. The van der Waals surface area contributed by atoms with Crippen molar-refractivity contribution in [1.29, 1.82) is 0 Å². The Bertz CT molecular complexity index is 1280. The summed E-state index contributed by atoms with van der Waals surface area (Å²) in [5.41, 5.74) is 4.02. The summed E-state index contributed by atoms with van der Waals surface area (Å²) >= 11 is 0. The number of methoxy groups -OCH3 is 1. The van der Waals surface area contributed by atoms with E-state index < -0.39 is 36.3 Å². The Morgan fingerprint density at radius 1 is 0.972 bits per heavy atom. The molecular weight excluding hydrogens is 462 g/mol. The minimum absolute atomic E-state index is 0.253. The van der Waals surface area contributed by atoms with E-state index in [1.54, 1.807) is 72.8 Å². The number of hydrogen-bond acceptors (Lipinski definition) is 6. The molecular formula is C27H25N3O6. The molecule has 3 aromatic rings. The summed E-state index contributed by atoms with van der Waals surface area (Å²) in [6.45, 7) is 1.43. The Kier molecular flexibility index (Phi) is 7.29. The lowest BCUT2D eigenvalue weighted by Crippen LogP contribution is -2.55. The fourth-order valence-corrected chi connectivity index (χ4v) is 3.83. The summed E-state index contributed by atoms with van der Waals surface area (Å²) in [5, 5.41) is 0.922. The smallest absolute Gasteiger partial charge is 0.276 e. The van der Waals surface area contributed by atoms with Crippen molar-refractivity contribution in [2.45, 2.75) is 19.4 Å². The van der Waals surface area contributed by atoms with Gasteiger partial charge in [0.25, 0.3) is 17.7 Å². The average Bonchev–Trinajstić information content (AvgIpc) is 3.19.